The second-order valence-corrected chi connectivity index (χ2v) is 7.81. The van der Waals surface area contributed by atoms with Crippen LogP contribution in [0.2, 0.25) is 0 Å². The minimum absolute atomic E-state index is 0.0550. The fourth-order valence-electron chi connectivity index (χ4n) is 3.09. The quantitative estimate of drug-likeness (QED) is 0.809. The maximum absolute atomic E-state index is 10.9. The summed E-state index contributed by atoms with van der Waals surface area (Å²) in [6, 6.07) is 0.427. The maximum Gasteiger partial charge on any atom is 0.313 e. The van der Waals surface area contributed by atoms with Crippen molar-refractivity contribution in [3.63, 3.8) is 0 Å². The molecule has 1 aromatic heterocycles. The molecule has 2 aliphatic rings. The van der Waals surface area contributed by atoms with Gasteiger partial charge in [-0.25, -0.2) is 0 Å². The van der Waals surface area contributed by atoms with E-state index < -0.39 is 5.97 Å². The van der Waals surface area contributed by atoms with E-state index in [1.54, 1.807) is 0 Å². The van der Waals surface area contributed by atoms with Crippen LogP contribution in [0.3, 0.4) is 0 Å². The molecule has 1 aromatic rings. The van der Waals surface area contributed by atoms with Crippen LogP contribution in [0.5, 0.6) is 0 Å². The number of nitrogens with zero attached hydrogens (tertiary/aromatic N) is 3. The van der Waals surface area contributed by atoms with Gasteiger partial charge in [0.05, 0.1) is 5.75 Å². The smallest absolute Gasteiger partial charge is 0.313 e. The number of hydrogen-bond donors (Lipinski definition) is 1. The van der Waals surface area contributed by atoms with E-state index in [-0.39, 0.29) is 5.75 Å². The normalized spacial score (nSPS) is 26.0. The average Bonchev–Trinajstić information content (AvgIpc) is 3.25. The van der Waals surface area contributed by atoms with Crippen molar-refractivity contribution in [2.45, 2.75) is 60.9 Å². The molecule has 2 unspecified atom stereocenters. The van der Waals surface area contributed by atoms with E-state index in [9.17, 15) is 4.79 Å². The van der Waals surface area contributed by atoms with Crippen molar-refractivity contribution in [3.8, 4) is 0 Å². The molecule has 0 aliphatic heterocycles. The SMILES string of the molecule is CSC1CCCCC1n1c(SCC(=O)O)nnc1C1CC1. The molecule has 0 bridgehead atoms. The number of hydrogen-bond acceptors (Lipinski definition) is 5. The van der Waals surface area contributed by atoms with Gasteiger partial charge in [-0.3, -0.25) is 4.79 Å². The van der Waals surface area contributed by atoms with Crippen molar-refractivity contribution in [3.05, 3.63) is 5.82 Å². The monoisotopic (exact) mass is 327 g/mol. The zero-order valence-corrected chi connectivity index (χ0v) is 13.8. The molecule has 3 rings (SSSR count). The Morgan fingerprint density at radius 3 is 2.71 bits per heavy atom. The summed E-state index contributed by atoms with van der Waals surface area (Å²) in [4.78, 5) is 10.9. The van der Waals surface area contributed by atoms with Gasteiger partial charge in [-0.2, -0.15) is 11.8 Å². The molecule has 0 amide bonds. The van der Waals surface area contributed by atoms with Crippen molar-refractivity contribution in [2.75, 3.05) is 12.0 Å². The first kappa shape index (κ1) is 15.2. The molecule has 2 saturated carbocycles. The van der Waals surface area contributed by atoms with E-state index in [0.29, 0.717) is 17.2 Å². The topological polar surface area (TPSA) is 68.0 Å². The zero-order valence-electron chi connectivity index (χ0n) is 12.2. The predicted molar refractivity (Wildman–Crippen MR) is 85.2 cm³/mol. The fourth-order valence-corrected chi connectivity index (χ4v) is 4.79. The first-order valence-electron chi connectivity index (χ1n) is 7.53. The highest BCUT2D eigenvalue weighted by molar-refractivity contribution is 7.99. The molecule has 0 aromatic carbocycles. The minimum Gasteiger partial charge on any atom is -0.481 e. The highest BCUT2D eigenvalue weighted by Gasteiger charge is 2.36. The van der Waals surface area contributed by atoms with Crippen LogP contribution in [0.25, 0.3) is 0 Å². The Morgan fingerprint density at radius 1 is 1.29 bits per heavy atom. The van der Waals surface area contributed by atoms with Gasteiger partial charge in [-0.1, -0.05) is 24.6 Å². The van der Waals surface area contributed by atoms with Gasteiger partial charge in [0.15, 0.2) is 5.16 Å². The third-order valence-electron chi connectivity index (χ3n) is 4.26. The van der Waals surface area contributed by atoms with E-state index in [0.717, 1.165) is 17.4 Å². The Bertz CT molecular complexity index is 516. The molecule has 2 atom stereocenters. The molecule has 116 valence electrons. The molecule has 5 nitrogen and oxygen atoms in total. The minimum atomic E-state index is -0.799. The molecule has 2 fully saturated rings. The first-order chi connectivity index (χ1) is 10.2. The van der Waals surface area contributed by atoms with E-state index >= 15 is 0 Å². The second kappa shape index (κ2) is 6.60. The van der Waals surface area contributed by atoms with E-state index in [2.05, 4.69) is 21.0 Å². The molecule has 0 spiro atoms. The Hall–Kier alpha value is -0.690. The molecular weight excluding hydrogens is 306 g/mol. The average molecular weight is 327 g/mol. The number of aromatic nitrogens is 3. The van der Waals surface area contributed by atoms with Crippen molar-refractivity contribution < 1.29 is 9.90 Å². The Morgan fingerprint density at radius 2 is 2.05 bits per heavy atom. The lowest BCUT2D eigenvalue weighted by atomic mass is 9.94. The van der Waals surface area contributed by atoms with Crippen molar-refractivity contribution >= 4 is 29.5 Å². The lowest BCUT2D eigenvalue weighted by Crippen LogP contribution is -2.27. The van der Waals surface area contributed by atoms with Gasteiger partial charge in [0.1, 0.15) is 5.82 Å². The van der Waals surface area contributed by atoms with Gasteiger partial charge >= 0.3 is 5.97 Å². The van der Waals surface area contributed by atoms with Crippen LogP contribution in [-0.4, -0.2) is 43.1 Å². The number of rotatable bonds is 6. The van der Waals surface area contributed by atoms with Crippen LogP contribution in [-0.2, 0) is 4.79 Å². The largest absolute Gasteiger partial charge is 0.481 e. The summed E-state index contributed by atoms with van der Waals surface area (Å²) in [6.45, 7) is 0. The number of carboxylic acids is 1. The molecule has 0 radical (unpaired) electrons. The fraction of sp³-hybridized carbons (Fsp3) is 0.786. The number of carboxylic acid groups (broad SMARTS) is 1. The number of carbonyl (C=O) groups is 1. The molecule has 0 saturated heterocycles. The van der Waals surface area contributed by atoms with Gasteiger partial charge in [0.25, 0.3) is 0 Å². The summed E-state index contributed by atoms with van der Waals surface area (Å²) in [5, 5.41) is 19.0. The third kappa shape index (κ3) is 3.39. The lowest BCUT2D eigenvalue weighted by molar-refractivity contribution is -0.133. The maximum atomic E-state index is 10.9. The summed E-state index contributed by atoms with van der Waals surface area (Å²) in [5.41, 5.74) is 0. The van der Waals surface area contributed by atoms with E-state index in [4.69, 9.17) is 5.11 Å². The van der Waals surface area contributed by atoms with Crippen molar-refractivity contribution in [2.24, 2.45) is 0 Å². The van der Waals surface area contributed by atoms with Crippen molar-refractivity contribution in [1.82, 2.24) is 14.8 Å². The van der Waals surface area contributed by atoms with Gasteiger partial charge in [-0.15, -0.1) is 10.2 Å². The van der Waals surface area contributed by atoms with Crippen LogP contribution < -0.4 is 0 Å². The summed E-state index contributed by atoms with van der Waals surface area (Å²) in [7, 11) is 0. The summed E-state index contributed by atoms with van der Waals surface area (Å²) in [6.07, 6.45) is 9.49. The van der Waals surface area contributed by atoms with Gasteiger partial charge in [-0.05, 0) is 31.9 Å². The molecule has 1 heterocycles. The number of thioether (sulfide) groups is 2. The predicted octanol–water partition coefficient (Wildman–Crippen LogP) is 3.18. The van der Waals surface area contributed by atoms with Gasteiger partial charge in [0, 0.05) is 17.2 Å². The van der Waals surface area contributed by atoms with Crippen molar-refractivity contribution in [1.29, 1.82) is 0 Å². The van der Waals surface area contributed by atoms with Crippen LogP contribution in [0.15, 0.2) is 5.16 Å². The van der Waals surface area contributed by atoms with Gasteiger partial charge < -0.3 is 9.67 Å². The van der Waals surface area contributed by atoms with Crippen LogP contribution in [0.1, 0.15) is 56.3 Å². The Balaban J connectivity index is 1.89. The summed E-state index contributed by atoms with van der Waals surface area (Å²) in [5.74, 6) is 0.891. The highest BCUT2D eigenvalue weighted by Crippen LogP contribution is 2.44. The molecule has 21 heavy (non-hydrogen) atoms. The van der Waals surface area contributed by atoms with E-state index in [1.807, 2.05) is 11.8 Å². The second-order valence-electron chi connectivity index (χ2n) is 5.79. The van der Waals surface area contributed by atoms with Crippen LogP contribution in [0.4, 0.5) is 0 Å². The first-order valence-corrected chi connectivity index (χ1v) is 9.80. The standard InChI is InChI=1S/C14H21N3O2S2/c1-20-11-5-3-2-4-10(11)17-13(9-6-7-9)15-16-14(17)21-8-12(18)19/h9-11H,2-8H2,1H3,(H,18,19). The van der Waals surface area contributed by atoms with Crippen LogP contribution >= 0.6 is 23.5 Å². The highest BCUT2D eigenvalue weighted by atomic mass is 32.2. The summed E-state index contributed by atoms with van der Waals surface area (Å²) < 4.78 is 2.28. The molecule has 1 N–H and O–H groups in total. The lowest BCUT2D eigenvalue weighted by Gasteiger charge is -2.32. The number of aliphatic carboxylic acids is 1. The molecule has 2 aliphatic carbocycles. The Labute approximate surface area is 133 Å². The van der Waals surface area contributed by atoms with Crippen LogP contribution in [0, 0.1) is 0 Å². The van der Waals surface area contributed by atoms with E-state index in [1.165, 1.54) is 43.9 Å². The molecule has 7 heteroatoms. The van der Waals surface area contributed by atoms with Gasteiger partial charge in [0.2, 0.25) is 0 Å². The zero-order chi connectivity index (χ0) is 14.8. The summed E-state index contributed by atoms with van der Waals surface area (Å²) >= 11 is 3.23. The molecular formula is C14H21N3O2S2. The Kier molecular flexibility index (Phi) is 4.78. The third-order valence-corrected chi connectivity index (χ3v) is 6.34.